The van der Waals surface area contributed by atoms with Gasteiger partial charge in [-0.05, 0) is 45.8 Å². The van der Waals surface area contributed by atoms with Gasteiger partial charge in [-0.1, -0.05) is 41.2 Å². The highest BCUT2D eigenvalue weighted by Crippen LogP contribution is 2.39. The van der Waals surface area contributed by atoms with Gasteiger partial charge in [0.1, 0.15) is 6.23 Å². The van der Waals surface area contributed by atoms with Crippen molar-refractivity contribution in [2.75, 3.05) is 27.2 Å². The molecule has 3 nitrogen and oxygen atoms in total. The fourth-order valence-electron chi connectivity index (χ4n) is 2.92. The molecule has 0 aromatic rings. The number of hydrogen-bond acceptors (Lipinski definition) is 3. The number of aliphatic hydroxyl groups is 1. The Hall–Kier alpha value is -0.540. The van der Waals surface area contributed by atoms with E-state index in [-0.39, 0.29) is 10.8 Å². The monoisotopic (exact) mass is 284 g/mol. The third-order valence-corrected chi connectivity index (χ3v) is 3.56. The lowest BCUT2D eigenvalue weighted by atomic mass is 9.74. The molecule has 0 fully saturated rings. The van der Waals surface area contributed by atoms with Crippen LogP contribution in [-0.4, -0.2) is 48.3 Å². The zero-order chi connectivity index (χ0) is 16.1. The molecule has 0 bridgehead atoms. The van der Waals surface area contributed by atoms with Crippen molar-refractivity contribution in [3.63, 3.8) is 0 Å². The molecule has 0 saturated heterocycles. The number of allylic oxidation sites excluding steroid dienone is 1. The summed E-state index contributed by atoms with van der Waals surface area (Å²) in [5.41, 5.74) is 1.29. The standard InChI is InChI=1S/C17H36N2O/c1-14(17(6,7)13-16(3,4)5)19(15(2)20)12-10-11-18(8)9/h15,20H,1,10-13H2,2-9H3. The summed E-state index contributed by atoms with van der Waals surface area (Å²) in [6.07, 6.45) is 1.60. The van der Waals surface area contributed by atoms with E-state index in [0.717, 1.165) is 31.6 Å². The first kappa shape index (κ1) is 19.5. The van der Waals surface area contributed by atoms with Gasteiger partial charge >= 0.3 is 0 Å². The molecule has 0 aliphatic carbocycles. The molecule has 3 heteroatoms. The first-order chi connectivity index (χ1) is 8.87. The molecule has 1 N–H and O–H groups in total. The number of nitrogens with zero attached hydrogens (tertiary/aromatic N) is 2. The lowest BCUT2D eigenvalue weighted by Crippen LogP contribution is -2.40. The summed E-state index contributed by atoms with van der Waals surface area (Å²) in [5, 5.41) is 10.1. The van der Waals surface area contributed by atoms with Gasteiger partial charge in [-0.3, -0.25) is 0 Å². The second-order valence-corrected chi connectivity index (χ2v) is 8.05. The van der Waals surface area contributed by atoms with E-state index in [1.165, 1.54) is 0 Å². The SMILES string of the molecule is C=C(N(CCCN(C)C)C(C)O)C(C)(C)CC(C)(C)C. The summed E-state index contributed by atoms with van der Waals surface area (Å²) in [5.74, 6) is 0. The number of rotatable bonds is 8. The molecule has 0 aliphatic rings. The maximum Gasteiger partial charge on any atom is 0.123 e. The fraction of sp³-hybridized carbons (Fsp3) is 0.882. The van der Waals surface area contributed by atoms with Gasteiger partial charge < -0.3 is 14.9 Å². The molecule has 120 valence electrons. The van der Waals surface area contributed by atoms with Gasteiger partial charge in [-0.25, -0.2) is 0 Å². The van der Waals surface area contributed by atoms with Crippen LogP contribution in [0.2, 0.25) is 0 Å². The molecule has 0 aliphatic heterocycles. The van der Waals surface area contributed by atoms with Crippen molar-refractivity contribution in [3.8, 4) is 0 Å². The molecule has 0 spiro atoms. The molecule has 0 radical (unpaired) electrons. The Morgan fingerprint density at radius 3 is 1.95 bits per heavy atom. The van der Waals surface area contributed by atoms with Crippen LogP contribution in [0.4, 0.5) is 0 Å². The van der Waals surface area contributed by atoms with Crippen molar-refractivity contribution in [2.24, 2.45) is 10.8 Å². The number of aliphatic hydroxyl groups excluding tert-OH is 1. The van der Waals surface area contributed by atoms with Gasteiger partial charge in [0.05, 0.1) is 0 Å². The maximum atomic E-state index is 10.1. The van der Waals surface area contributed by atoms with Crippen LogP contribution < -0.4 is 0 Å². The van der Waals surface area contributed by atoms with Gasteiger partial charge in [-0.2, -0.15) is 0 Å². The average Bonchev–Trinajstić information content (AvgIpc) is 2.19. The minimum atomic E-state index is -0.482. The van der Waals surface area contributed by atoms with Gasteiger partial charge in [0, 0.05) is 17.7 Å². The summed E-state index contributed by atoms with van der Waals surface area (Å²) in [7, 11) is 4.15. The zero-order valence-corrected chi connectivity index (χ0v) is 15.0. The second-order valence-electron chi connectivity index (χ2n) is 8.05. The molecule has 20 heavy (non-hydrogen) atoms. The van der Waals surface area contributed by atoms with E-state index in [1.54, 1.807) is 0 Å². The molecule has 0 rings (SSSR count). The van der Waals surface area contributed by atoms with Crippen molar-refractivity contribution < 1.29 is 5.11 Å². The van der Waals surface area contributed by atoms with Crippen molar-refractivity contribution in [2.45, 2.75) is 60.6 Å². The van der Waals surface area contributed by atoms with Gasteiger partial charge in [0.15, 0.2) is 0 Å². The predicted molar refractivity (Wildman–Crippen MR) is 88.6 cm³/mol. The van der Waals surface area contributed by atoms with E-state index in [4.69, 9.17) is 0 Å². The summed E-state index contributed by atoms with van der Waals surface area (Å²) in [6.45, 7) is 19.2. The van der Waals surface area contributed by atoms with E-state index in [9.17, 15) is 5.11 Å². The van der Waals surface area contributed by atoms with Crippen LogP contribution in [-0.2, 0) is 0 Å². The van der Waals surface area contributed by atoms with E-state index < -0.39 is 6.23 Å². The highest BCUT2D eigenvalue weighted by molar-refractivity contribution is 5.07. The van der Waals surface area contributed by atoms with E-state index in [2.05, 4.69) is 65.1 Å². The Kier molecular flexibility index (Phi) is 7.26. The lowest BCUT2D eigenvalue weighted by molar-refractivity contribution is 0.0217. The lowest BCUT2D eigenvalue weighted by Gasteiger charge is -2.41. The molecule has 1 unspecified atom stereocenters. The molecular formula is C17H36N2O. The third-order valence-electron chi connectivity index (χ3n) is 3.56. The predicted octanol–water partition coefficient (Wildman–Crippen LogP) is 3.55. The topological polar surface area (TPSA) is 26.7 Å². The van der Waals surface area contributed by atoms with Gasteiger partial charge in [-0.15, -0.1) is 0 Å². The van der Waals surface area contributed by atoms with E-state index in [1.807, 2.05) is 6.92 Å². The van der Waals surface area contributed by atoms with E-state index >= 15 is 0 Å². The Labute approximate surface area is 126 Å². The highest BCUT2D eigenvalue weighted by atomic mass is 16.3. The Morgan fingerprint density at radius 1 is 1.10 bits per heavy atom. The summed E-state index contributed by atoms with van der Waals surface area (Å²) >= 11 is 0. The van der Waals surface area contributed by atoms with Crippen LogP contribution >= 0.6 is 0 Å². The molecule has 0 aromatic heterocycles. The van der Waals surface area contributed by atoms with Crippen molar-refractivity contribution in [1.82, 2.24) is 9.80 Å². The molecule has 1 atom stereocenters. The Bertz CT molecular complexity index is 301. The zero-order valence-electron chi connectivity index (χ0n) is 15.0. The largest absolute Gasteiger partial charge is 0.374 e. The normalized spacial score (nSPS) is 14.5. The third kappa shape index (κ3) is 7.30. The Balaban J connectivity index is 4.78. The summed E-state index contributed by atoms with van der Waals surface area (Å²) < 4.78 is 0. The molecule has 0 aromatic carbocycles. The van der Waals surface area contributed by atoms with Crippen LogP contribution in [0, 0.1) is 10.8 Å². The molecular weight excluding hydrogens is 248 g/mol. The summed E-state index contributed by atoms with van der Waals surface area (Å²) in [6, 6.07) is 0. The smallest absolute Gasteiger partial charge is 0.123 e. The second kappa shape index (κ2) is 7.46. The van der Waals surface area contributed by atoms with Crippen LogP contribution in [0.3, 0.4) is 0 Å². The highest BCUT2D eigenvalue weighted by Gasteiger charge is 2.32. The Morgan fingerprint density at radius 2 is 1.60 bits per heavy atom. The average molecular weight is 284 g/mol. The van der Waals surface area contributed by atoms with Crippen LogP contribution in [0.25, 0.3) is 0 Å². The molecule has 0 saturated carbocycles. The number of hydrogen-bond donors (Lipinski definition) is 1. The van der Waals surface area contributed by atoms with Gasteiger partial charge in [0.2, 0.25) is 0 Å². The summed E-state index contributed by atoms with van der Waals surface area (Å²) in [4.78, 5) is 4.22. The fourth-order valence-corrected chi connectivity index (χ4v) is 2.92. The van der Waals surface area contributed by atoms with Gasteiger partial charge in [0.25, 0.3) is 0 Å². The van der Waals surface area contributed by atoms with Crippen LogP contribution in [0.1, 0.15) is 54.4 Å². The minimum Gasteiger partial charge on any atom is -0.374 e. The van der Waals surface area contributed by atoms with Crippen LogP contribution in [0.5, 0.6) is 0 Å². The van der Waals surface area contributed by atoms with Crippen molar-refractivity contribution in [1.29, 1.82) is 0 Å². The minimum absolute atomic E-state index is 0.00659. The quantitative estimate of drug-likeness (QED) is 0.691. The van der Waals surface area contributed by atoms with Crippen molar-refractivity contribution in [3.05, 3.63) is 12.3 Å². The first-order valence-electron chi connectivity index (χ1n) is 7.65. The first-order valence-corrected chi connectivity index (χ1v) is 7.65. The molecule has 0 heterocycles. The molecule has 0 amide bonds. The van der Waals surface area contributed by atoms with Crippen LogP contribution in [0.15, 0.2) is 12.3 Å². The van der Waals surface area contributed by atoms with Crippen molar-refractivity contribution >= 4 is 0 Å². The van der Waals surface area contributed by atoms with E-state index in [0.29, 0.717) is 0 Å². The maximum absolute atomic E-state index is 10.1.